The van der Waals surface area contributed by atoms with E-state index in [-0.39, 0.29) is 0 Å². The third-order valence-corrected chi connectivity index (χ3v) is 2.10. The summed E-state index contributed by atoms with van der Waals surface area (Å²) < 4.78 is 0. The predicted molar refractivity (Wildman–Crippen MR) is 60.3 cm³/mol. The lowest BCUT2D eigenvalue weighted by Gasteiger charge is -2.10. The monoisotopic (exact) mass is 206 g/mol. The summed E-state index contributed by atoms with van der Waals surface area (Å²) in [4.78, 5) is 19.7. The van der Waals surface area contributed by atoms with Crippen LogP contribution in [0.2, 0.25) is 0 Å². The first-order valence-corrected chi connectivity index (χ1v) is 4.65. The molecule has 0 aromatic carbocycles. The number of anilines is 2. The number of hydrogen-bond acceptors (Lipinski definition) is 5. The van der Waals surface area contributed by atoms with Crippen LogP contribution in [-0.4, -0.2) is 48.1 Å². The largest absolute Gasteiger partial charge is 0.361 e. The molecule has 1 N–H and O–H groups in total. The zero-order valence-corrected chi connectivity index (χ0v) is 9.31. The Morgan fingerprint density at radius 3 is 2.40 bits per heavy atom. The molecule has 2 heterocycles. The van der Waals surface area contributed by atoms with Crippen LogP contribution in [0, 0.1) is 0 Å². The van der Waals surface area contributed by atoms with Crippen LogP contribution in [-0.2, 0) is 0 Å². The SMILES string of the molecule is CN(C)c1nc2ncnc(N(C)C)c2[nH]1. The Balaban J connectivity index is 2.64. The molecule has 2 rings (SSSR count). The molecule has 6 heteroatoms. The van der Waals surface area contributed by atoms with Crippen molar-refractivity contribution in [2.45, 2.75) is 0 Å². The Kier molecular flexibility index (Phi) is 2.18. The predicted octanol–water partition coefficient (Wildman–Crippen LogP) is 0.485. The first kappa shape index (κ1) is 9.70. The van der Waals surface area contributed by atoms with Crippen molar-refractivity contribution in [2.75, 3.05) is 38.0 Å². The number of aromatic nitrogens is 4. The average molecular weight is 206 g/mol. The summed E-state index contributed by atoms with van der Waals surface area (Å²) in [6, 6.07) is 0. The highest BCUT2D eigenvalue weighted by atomic mass is 15.3. The Labute approximate surface area is 88.0 Å². The first-order chi connectivity index (χ1) is 7.09. The highest BCUT2D eigenvalue weighted by Crippen LogP contribution is 2.21. The van der Waals surface area contributed by atoms with E-state index in [4.69, 9.17) is 0 Å². The van der Waals surface area contributed by atoms with Crippen molar-refractivity contribution in [3.8, 4) is 0 Å². The standard InChI is InChI=1S/C9H14N6/c1-14(2)8-6-7(10-5-11-8)13-9(12-6)15(3)4/h5H,1-4H3,(H,10,11,12,13). The molecule has 0 aliphatic heterocycles. The lowest BCUT2D eigenvalue weighted by Crippen LogP contribution is -2.11. The van der Waals surface area contributed by atoms with Gasteiger partial charge in [0.1, 0.15) is 11.8 Å². The van der Waals surface area contributed by atoms with Gasteiger partial charge in [0.05, 0.1) is 0 Å². The summed E-state index contributed by atoms with van der Waals surface area (Å²) in [7, 11) is 7.75. The van der Waals surface area contributed by atoms with Crippen molar-refractivity contribution < 1.29 is 0 Å². The third kappa shape index (κ3) is 1.58. The van der Waals surface area contributed by atoms with Gasteiger partial charge in [-0.25, -0.2) is 9.97 Å². The average Bonchev–Trinajstić information content (AvgIpc) is 2.60. The summed E-state index contributed by atoms with van der Waals surface area (Å²) in [5.74, 6) is 1.63. The lowest BCUT2D eigenvalue weighted by molar-refractivity contribution is 1.04. The van der Waals surface area contributed by atoms with Gasteiger partial charge in [-0.3, -0.25) is 0 Å². The van der Waals surface area contributed by atoms with Gasteiger partial charge in [0.15, 0.2) is 11.5 Å². The van der Waals surface area contributed by atoms with E-state index in [1.54, 1.807) is 0 Å². The van der Waals surface area contributed by atoms with Crippen LogP contribution in [0.4, 0.5) is 11.8 Å². The first-order valence-electron chi connectivity index (χ1n) is 4.65. The molecule has 0 atom stereocenters. The van der Waals surface area contributed by atoms with Crippen molar-refractivity contribution in [1.82, 2.24) is 19.9 Å². The van der Waals surface area contributed by atoms with Crippen LogP contribution in [0.25, 0.3) is 11.2 Å². The molecule has 0 amide bonds. The van der Waals surface area contributed by atoms with Crippen molar-refractivity contribution in [3.05, 3.63) is 6.33 Å². The Hall–Kier alpha value is -1.85. The van der Waals surface area contributed by atoms with Crippen LogP contribution in [0.5, 0.6) is 0 Å². The quantitative estimate of drug-likeness (QED) is 0.774. The van der Waals surface area contributed by atoms with E-state index in [0.29, 0.717) is 5.65 Å². The van der Waals surface area contributed by atoms with Gasteiger partial charge in [-0.2, -0.15) is 4.98 Å². The molecule has 15 heavy (non-hydrogen) atoms. The zero-order chi connectivity index (χ0) is 11.0. The van der Waals surface area contributed by atoms with Crippen LogP contribution >= 0.6 is 0 Å². The second-order valence-electron chi connectivity index (χ2n) is 3.75. The minimum absolute atomic E-state index is 0.692. The molecule has 0 aliphatic carbocycles. The molecule has 0 saturated heterocycles. The smallest absolute Gasteiger partial charge is 0.204 e. The van der Waals surface area contributed by atoms with Gasteiger partial charge in [-0.05, 0) is 0 Å². The summed E-state index contributed by atoms with van der Waals surface area (Å²) in [5.41, 5.74) is 1.56. The Bertz CT molecular complexity index is 472. The molecular weight excluding hydrogens is 192 g/mol. The fourth-order valence-electron chi connectivity index (χ4n) is 1.35. The van der Waals surface area contributed by atoms with E-state index in [1.807, 2.05) is 38.0 Å². The summed E-state index contributed by atoms with van der Waals surface area (Å²) in [5, 5.41) is 0. The molecule has 0 radical (unpaired) electrons. The molecule has 0 aliphatic rings. The number of hydrogen-bond donors (Lipinski definition) is 1. The topological polar surface area (TPSA) is 60.9 Å². The van der Waals surface area contributed by atoms with Gasteiger partial charge in [0.25, 0.3) is 0 Å². The van der Waals surface area contributed by atoms with Crippen LogP contribution in [0.15, 0.2) is 6.33 Å². The maximum absolute atomic E-state index is 4.35. The zero-order valence-electron chi connectivity index (χ0n) is 9.31. The molecule has 6 nitrogen and oxygen atoms in total. The lowest BCUT2D eigenvalue weighted by atomic mass is 10.5. The molecule has 2 aromatic rings. The van der Waals surface area contributed by atoms with Crippen LogP contribution in [0.3, 0.4) is 0 Å². The molecule has 0 saturated carbocycles. The van der Waals surface area contributed by atoms with E-state index < -0.39 is 0 Å². The van der Waals surface area contributed by atoms with Crippen molar-refractivity contribution in [1.29, 1.82) is 0 Å². The maximum atomic E-state index is 4.35. The van der Waals surface area contributed by atoms with Crippen molar-refractivity contribution >= 4 is 22.9 Å². The molecule has 2 aromatic heterocycles. The maximum Gasteiger partial charge on any atom is 0.204 e. The third-order valence-electron chi connectivity index (χ3n) is 2.10. The normalized spacial score (nSPS) is 10.7. The molecule has 0 bridgehead atoms. The van der Waals surface area contributed by atoms with E-state index in [0.717, 1.165) is 17.3 Å². The number of aromatic amines is 1. The van der Waals surface area contributed by atoms with Gasteiger partial charge in [0.2, 0.25) is 5.95 Å². The number of nitrogens with zero attached hydrogens (tertiary/aromatic N) is 5. The van der Waals surface area contributed by atoms with Gasteiger partial charge in [-0.1, -0.05) is 0 Å². The Morgan fingerprint density at radius 1 is 1.07 bits per heavy atom. The highest BCUT2D eigenvalue weighted by Gasteiger charge is 2.11. The van der Waals surface area contributed by atoms with Gasteiger partial charge < -0.3 is 14.8 Å². The van der Waals surface area contributed by atoms with Gasteiger partial charge >= 0.3 is 0 Å². The summed E-state index contributed by atoms with van der Waals surface area (Å²) in [6.07, 6.45) is 1.53. The molecule has 0 spiro atoms. The van der Waals surface area contributed by atoms with Crippen LogP contribution < -0.4 is 9.80 Å². The van der Waals surface area contributed by atoms with Crippen LogP contribution in [0.1, 0.15) is 0 Å². The minimum Gasteiger partial charge on any atom is -0.361 e. The number of fused-ring (bicyclic) bond motifs is 1. The summed E-state index contributed by atoms with van der Waals surface area (Å²) >= 11 is 0. The van der Waals surface area contributed by atoms with E-state index in [9.17, 15) is 0 Å². The van der Waals surface area contributed by atoms with E-state index >= 15 is 0 Å². The van der Waals surface area contributed by atoms with Gasteiger partial charge in [-0.15, -0.1) is 0 Å². The highest BCUT2D eigenvalue weighted by molar-refractivity contribution is 5.84. The molecular formula is C9H14N6. The van der Waals surface area contributed by atoms with Gasteiger partial charge in [0, 0.05) is 28.2 Å². The Morgan fingerprint density at radius 2 is 1.80 bits per heavy atom. The fourth-order valence-corrected chi connectivity index (χ4v) is 1.35. The second-order valence-corrected chi connectivity index (χ2v) is 3.75. The van der Waals surface area contributed by atoms with Crippen molar-refractivity contribution in [2.24, 2.45) is 0 Å². The number of H-pyrrole nitrogens is 1. The number of imidazole rings is 1. The van der Waals surface area contributed by atoms with Crippen molar-refractivity contribution in [3.63, 3.8) is 0 Å². The van der Waals surface area contributed by atoms with E-state index in [2.05, 4.69) is 19.9 Å². The molecule has 0 unspecified atom stereocenters. The summed E-state index contributed by atoms with van der Waals surface area (Å²) in [6.45, 7) is 0. The fraction of sp³-hybridized carbons (Fsp3) is 0.444. The second kappa shape index (κ2) is 3.38. The number of nitrogens with one attached hydrogen (secondary N) is 1. The number of rotatable bonds is 2. The minimum atomic E-state index is 0.692. The molecule has 0 fully saturated rings. The molecule has 80 valence electrons. The van der Waals surface area contributed by atoms with E-state index in [1.165, 1.54) is 6.33 Å².